The van der Waals surface area contributed by atoms with E-state index in [2.05, 4.69) is 19.9 Å². The average molecular weight is 352 g/mol. The monoisotopic (exact) mass is 352 g/mol. The number of methoxy groups -OCH3 is 1. The van der Waals surface area contributed by atoms with Crippen molar-refractivity contribution < 1.29 is 4.74 Å². The van der Waals surface area contributed by atoms with Gasteiger partial charge in [0.05, 0.1) is 18.0 Å². The van der Waals surface area contributed by atoms with Gasteiger partial charge < -0.3 is 15.3 Å². The molecule has 1 aliphatic rings. The van der Waals surface area contributed by atoms with Gasteiger partial charge >= 0.3 is 0 Å². The first-order valence-electron chi connectivity index (χ1n) is 8.85. The summed E-state index contributed by atoms with van der Waals surface area (Å²) in [5.74, 6) is 0.460. The molecular formula is C19H24N6O. The summed E-state index contributed by atoms with van der Waals surface area (Å²) in [6.07, 6.45) is 10.3. The lowest BCUT2D eigenvalue weighted by Gasteiger charge is -2.13. The third kappa shape index (κ3) is 3.75. The number of ether oxygens (including phenoxy) is 1. The number of aromatic nitrogens is 4. The largest absolute Gasteiger partial charge is 0.383 e. The highest BCUT2D eigenvalue weighted by molar-refractivity contribution is 5.67. The van der Waals surface area contributed by atoms with Crippen LogP contribution < -0.4 is 5.73 Å². The number of nitrogens with two attached hydrogens (primary N) is 1. The lowest BCUT2D eigenvalue weighted by Crippen LogP contribution is -2.13. The molecule has 1 saturated carbocycles. The molecule has 7 nitrogen and oxygen atoms in total. The van der Waals surface area contributed by atoms with E-state index in [-0.39, 0.29) is 6.10 Å². The first-order chi connectivity index (χ1) is 12.6. The number of nitrogens with zero attached hydrogens (tertiary/aromatic N) is 5. The van der Waals surface area contributed by atoms with Crippen LogP contribution in [0.15, 0.2) is 24.3 Å². The van der Waals surface area contributed by atoms with Gasteiger partial charge in [0, 0.05) is 30.9 Å². The number of anilines is 1. The minimum Gasteiger partial charge on any atom is -0.383 e. The third-order valence-electron chi connectivity index (χ3n) is 4.85. The summed E-state index contributed by atoms with van der Waals surface area (Å²) in [4.78, 5) is 12.1. The summed E-state index contributed by atoms with van der Waals surface area (Å²) in [7, 11) is 1.67. The van der Waals surface area contributed by atoms with Crippen molar-refractivity contribution in [3.8, 4) is 11.3 Å². The SMILES string of the molecule is [C-]#[N+]CC(=C1CCCC1)n1cc(-c2ncnc(N)c2CC(C)OC)cn1. The van der Waals surface area contributed by atoms with Crippen LogP contribution in [0.5, 0.6) is 0 Å². The van der Waals surface area contributed by atoms with Gasteiger partial charge in [-0.15, -0.1) is 0 Å². The van der Waals surface area contributed by atoms with Gasteiger partial charge in [0.2, 0.25) is 0 Å². The third-order valence-corrected chi connectivity index (χ3v) is 4.85. The van der Waals surface area contributed by atoms with Gasteiger partial charge in [-0.2, -0.15) is 5.10 Å². The van der Waals surface area contributed by atoms with Gasteiger partial charge in [-0.1, -0.05) is 0 Å². The lowest BCUT2D eigenvalue weighted by atomic mass is 10.0. The molecule has 0 aromatic carbocycles. The summed E-state index contributed by atoms with van der Waals surface area (Å²) >= 11 is 0. The fraction of sp³-hybridized carbons (Fsp3) is 0.474. The fourth-order valence-electron chi connectivity index (χ4n) is 3.35. The van der Waals surface area contributed by atoms with E-state index in [0.29, 0.717) is 18.8 Å². The van der Waals surface area contributed by atoms with E-state index in [1.54, 1.807) is 13.3 Å². The lowest BCUT2D eigenvalue weighted by molar-refractivity contribution is 0.119. The van der Waals surface area contributed by atoms with E-state index < -0.39 is 0 Å². The molecule has 2 aromatic heterocycles. The molecule has 2 aromatic rings. The van der Waals surface area contributed by atoms with Crippen LogP contribution in [-0.4, -0.2) is 39.5 Å². The van der Waals surface area contributed by atoms with Crippen molar-refractivity contribution in [1.82, 2.24) is 19.7 Å². The summed E-state index contributed by atoms with van der Waals surface area (Å²) in [5.41, 5.74) is 10.9. The maximum atomic E-state index is 7.28. The highest BCUT2D eigenvalue weighted by Gasteiger charge is 2.20. The molecule has 26 heavy (non-hydrogen) atoms. The van der Waals surface area contributed by atoms with E-state index in [4.69, 9.17) is 17.0 Å². The Balaban J connectivity index is 1.99. The predicted molar refractivity (Wildman–Crippen MR) is 101 cm³/mol. The molecule has 2 heterocycles. The second kappa shape index (κ2) is 8.11. The molecule has 1 aliphatic carbocycles. The van der Waals surface area contributed by atoms with Gasteiger partial charge in [-0.3, -0.25) is 0 Å². The molecule has 2 N–H and O–H groups in total. The molecule has 1 fully saturated rings. The first kappa shape index (κ1) is 18.1. The van der Waals surface area contributed by atoms with Crippen molar-refractivity contribution in [3.05, 3.63) is 41.3 Å². The second-order valence-corrected chi connectivity index (χ2v) is 6.58. The zero-order valence-corrected chi connectivity index (χ0v) is 15.3. The summed E-state index contributed by atoms with van der Waals surface area (Å²) < 4.78 is 7.20. The topological polar surface area (TPSA) is 83.2 Å². The number of hydrogen-bond acceptors (Lipinski definition) is 5. The number of rotatable bonds is 6. The molecule has 136 valence electrons. The highest BCUT2D eigenvalue weighted by atomic mass is 16.5. The maximum absolute atomic E-state index is 7.28. The van der Waals surface area contributed by atoms with Crippen molar-refractivity contribution >= 4 is 11.5 Å². The second-order valence-electron chi connectivity index (χ2n) is 6.58. The Labute approximate surface area is 153 Å². The number of nitrogen functional groups attached to an aromatic ring is 1. The Morgan fingerprint density at radius 2 is 2.15 bits per heavy atom. The standard InChI is InChI=1S/C19H24N6O/c1-13(26-3)8-16-18(22-12-23-19(16)20)15-9-24-25(11-15)17(10-21-2)14-6-4-5-7-14/h9,11-13H,4-8,10H2,1,3H3,(H2,20,22,23). The first-order valence-corrected chi connectivity index (χ1v) is 8.85. The fourth-order valence-corrected chi connectivity index (χ4v) is 3.35. The van der Waals surface area contributed by atoms with Crippen LogP contribution in [0.25, 0.3) is 21.8 Å². The number of hydrogen-bond donors (Lipinski definition) is 1. The summed E-state index contributed by atoms with van der Waals surface area (Å²) in [6.45, 7) is 9.60. The van der Waals surface area contributed by atoms with Gasteiger partial charge in [-0.05, 0) is 38.2 Å². The molecule has 1 atom stereocenters. The molecule has 0 radical (unpaired) electrons. The Kier molecular flexibility index (Phi) is 5.64. The molecular weight excluding hydrogens is 328 g/mol. The van der Waals surface area contributed by atoms with Crippen LogP contribution in [0.1, 0.15) is 38.2 Å². The molecule has 3 rings (SSSR count). The minimum absolute atomic E-state index is 0.00961. The van der Waals surface area contributed by atoms with Crippen molar-refractivity contribution in [1.29, 1.82) is 0 Å². The number of allylic oxidation sites excluding steroid dienone is 1. The van der Waals surface area contributed by atoms with Crippen LogP contribution in [0, 0.1) is 6.57 Å². The van der Waals surface area contributed by atoms with Crippen LogP contribution in [0.4, 0.5) is 5.82 Å². The Morgan fingerprint density at radius 1 is 1.38 bits per heavy atom. The summed E-state index contributed by atoms with van der Waals surface area (Å²) in [6, 6.07) is 0. The molecule has 0 amide bonds. The van der Waals surface area contributed by atoms with E-state index in [9.17, 15) is 0 Å². The van der Waals surface area contributed by atoms with Crippen LogP contribution in [-0.2, 0) is 11.2 Å². The van der Waals surface area contributed by atoms with Gasteiger partial charge in [0.1, 0.15) is 17.8 Å². The Hall–Kier alpha value is -2.72. The quantitative estimate of drug-likeness (QED) is 0.807. The van der Waals surface area contributed by atoms with Crippen LogP contribution in [0.3, 0.4) is 0 Å². The molecule has 1 unspecified atom stereocenters. The van der Waals surface area contributed by atoms with Gasteiger partial charge in [0.15, 0.2) is 0 Å². The van der Waals surface area contributed by atoms with E-state index in [0.717, 1.165) is 35.4 Å². The molecule has 0 bridgehead atoms. The predicted octanol–water partition coefficient (Wildman–Crippen LogP) is 3.20. The van der Waals surface area contributed by atoms with E-state index >= 15 is 0 Å². The molecule has 7 heteroatoms. The maximum Gasteiger partial charge on any atom is 0.256 e. The normalized spacial score (nSPS) is 15.0. The van der Waals surface area contributed by atoms with Crippen LogP contribution >= 0.6 is 0 Å². The Morgan fingerprint density at radius 3 is 2.85 bits per heavy atom. The summed E-state index contributed by atoms with van der Waals surface area (Å²) in [5, 5.41) is 4.51. The van der Waals surface area contributed by atoms with E-state index in [1.807, 2.05) is 17.8 Å². The van der Waals surface area contributed by atoms with Crippen LogP contribution in [0.2, 0.25) is 0 Å². The minimum atomic E-state index is 0.00961. The van der Waals surface area contributed by atoms with Crippen molar-refractivity contribution in [2.45, 2.75) is 45.1 Å². The smallest absolute Gasteiger partial charge is 0.256 e. The Bertz CT molecular complexity index is 840. The van der Waals surface area contributed by atoms with Crippen molar-refractivity contribution in [2.75, 3.05) is 19.4 Å². The molecule has 0 aliphatic heterocycles. The van der Waals surface area contributed by atoms with Crippen molar-refractivity contribution in [2.24, 2.45) is 0 Å². The molecule has 0 saturated heterocycles. The average Bonchev–Trinajstić information content (AvgIpc) is 3.33. The van der Waals surface area contributed by atoms with E-state index in [1.165, 1.54) is 24.7 Å². The van der Waals surface area contributed by atoms with Crippen molar-refractivity contribution in [3.63, 3.8) is 0 Å². The zero-order chi connectivity index (χ0) is 18.5. The van der Waals surface area contributed by atoms with Gasteiger partial charge in [-0.25, -0.2) is 21.2 Å². The zero-order valence-electron chi connectivity index (χ0n) is 15.3. The molecule has 0 spiro atoms. The highest BCUT2D eigenvalue weighted by Crippen LogP contribution is 2.31. The van der Waals surface area contributed by atoms with Gasteiger partial charge in [0.25, 0.3) is 6.54 Å².